The molecule has 1 aliphatic rings. The van der Waals surface area contributed by atoms with Crippen LogP contribution < -0.4 is 10.6 Å². The Morgan fingerprint density at radius 1 is 1.38 bits per heavy atom. The van der Waals surface area contributed by atoms with Crippen LogP contribution in [0, 0.1) is 0 Å². The summed E-state index contributed by atoms with van der Waals surface area (Å²) in [6.07, 6.45) is 2.24. The second-order valence-electron chi connectivity index (χ2n) is 4.55. The van der Waals surface area contributed by atoms with Crippen molar-refractivity contribution in [3.8, 4) is 0 Å². The molecule has 5 heteroatoms. The Balaban J connectivity index is 2.12. The van der Waals surface area contributed by atoms with Crippen molar-refractivity contribution in [3.63, 3.8) is 0 Å². The Bertz CT molecular complexity index is 246. The molecular weight excluding hydrogens is 224 g/mol. The molecule has 0 bridgehead atoms. The summed E-state index contributed by atoms with van der Waals surface area (Å²) >= 11 is 0. The minimum atomic E-state index is -0.651. The lowest BCUT2D eigenvalue weighted by molar-refractivity contribution is -0.121. The standard InChI is InChI=1S/C11H22N2O2S/c1-9(2)12-6-3-11(14)13-10-4-7-16(15)8-5-10/h9-10,12H,3-8H2,1-2H3,(H,13,14). The van der Waals surface area contributed by atoms with Crippen LogP contribution in [0.2, 0.25) is 0 Å². The Hall–Kier alpha value is -0.420. The summed E-state index contributed by atoms with van der Waals surface area (Å²) < 4.78 is 11.1. The maximum atomic E-state index is 11.5. The van der Waals surface area contributed by atoms with Crippen LogP contribution in [0.1, 0.15) is 33.1 Å². The molecule has 0 aromatic rings. The van der Waals surface area contributed by atoms with E-state index in [1.807, 2.05) is 0 Å². The molecule has 0 aromatic carbocycles. The van der Waals surface area contributed by atoms with Crippen molar-refractivity contribution in [3.05, 3.63) is 0 Å². The number of hydrogen-bond donors (Lipinski definition) is 2. The second kappa shape index (κ2) is 7.01. The molecule has 0 aromatic heterocycles. The Kier molecular flexibility index (Phi) is 5.98. The highest BCUT2D eigenvalue weighted by Crippen LogP contribution is 2.08. The number of carbonyl (C=O) groups is 1. The molecule has 0 unspecified atom stereocenters. The monoisotopic (exact) mass is 246 g/mol. The molecule has 1 saturated heterocycles. The third-order valence-corrected chi connectivity index (χ3v) is 4.04. The first-order valence-electron chi connectivity index (χ1n) is 5.95. The zero-order chi connectivity index (χ0) is 12.0. The van der Waals surface area contributed by atoms with Gasteiger partial charge in [-0.05, 0) is 12.8 Å². The molecule has 2 N–H and O–H groups in total. The van der Waals surface area contributed by atoms with E-state index >= 15 is 0 Å². The van der Waals surface area contributed by atoms with E-state index in [4.69, 9.17) is 0 Å². The molecule has 0 radical (unpaired) electrons. The van der Waals surface area contributed by atoms with E-state index in [1.54, 1.807) is 0 Å². The van der Waals surface area contributed by atoms with Crippen molar-refractivity contribution in [2.75, 3.05) is 18.1 Å². The molecule has 1 fully saturated rings. The predicted octanol–water partition coefficient (Wildman–Crippen LogP) is 0.402. The average Bonchev–Trinajstić information content (AvgIpc) is 2.21. The number of nitrogens with one attached hydrogen (secondary N) is 2. The van der Waals surface area contributed by atoms with E-state index in [0.717, 1.165) is 30.9 Å². The highest BCUT2D eigenvalue weighted by molar-refractivity contribution is 7.85. The molecule has 1 aliphatic heterocycles. The summed E-state index contributed by atoms with van der Waals surface area (Å²) in [7, 11) is -0.651. The SMILES string of the molecule is CC(C)NCCC(=O)NC1CCS(=O)CC1. The predicted molar refractivity (Wildman–Crippen MR) is 66.8 cm³/mol. The van der Waals surface area contributed by atoms with Gasteiger partial charge in [-0.15, -0.1) is 0 Å². The van der Waals surface area contributed by atoms with Crippen LogP contribution in [0.25, 0.3) is 0 Å². The quantitative estimate of drug-likeness (QED) is 0.738. The molecule has 1 rings (SSSR count). The first kappa shape index (κ1) is 13.6. The van der Waals surface area contributed by atoms with Gasteiger partial charge >= 0.3 is 0 Å². The van der Waals surface area contributed by atoms with Crippen molar-refractivity contribution in [2.45, 2.75) is 45.2 Å². The van der Waals surface area contributed by atoms with Gasteiger partial charge in [0.25, 0.3) is 0 Å². The zero-order valence-electron chi connectivity index (χ0n) is 10.1. The summed E-state index contributed by atoms with van der Waals surface area (Å²) in [6.45, 7) is 4.85. The lowest BCUT2D eigenvalue weighted by Crippen LogP contribution is -2.40. The molecule has 0 atom stereocenters. The second-order valence-corrected chi connectivity index (χ2v) is 6.24. The van der Waals surface area contributed by atoms with Crippen molar-refractivity contribution < 1.29 is 9.00 Å². The number of amides is 1. The third kappa shape index (κ3) is 5.61. The van der Waals surface area contributed by atoms with Crippen LogP contribution in [-0.2, 0) is 15.6 Å². The van der Waals surface area contributed by atoms with Gasteiger partial charge < -0.3 is 10.6 Å². The Labute approximate surface area is 100 Å². The van der Waals surface area contributed by atoms with E-state index < -0.39 is 10.8 Å². The summed E-state index contributed by atoms with van der Waals surface area (Å²) in [5.41, 5.74) is 0. The fraction of sp³-hybridized carbons (Fsp3) is 0.909. The van der Waals surface area contributed by atoms with Crippen molar-refractivity contribution in [1.29, 1.82) is 0 Å². The molecule has 0 aliphatic carbocycles. The fourth-order valence-electron chi connectivity index (χ4n) is 1.71. The highest BCUT2D eigenvalue weighted by atomic mass is 32.2. The van der Waals surface area contributed by atoms with Gasteiger partial charge in [-0.2, -0.15) is 0 Å². The summed E-state index contributed by atoms with van der Waals surface area (Å²) in [5, 5.41) is 6.21. The largest absolute Gasteiger partial charge is 0.353 e. The van der Waals surface area contributed by atoms with Crippen LogP contribution in [0.5, 0.6) is 0 Å². The smallest absolute Gasteiger partial charge is 0.221 e. The molecule has 0 spiro atoms. The fourth-order valence-corrected chi connectivity index (χ4v) is 3.01. The summed E-state index contributed by atoms with van der Waals surface area (Å²) in [6, 6.07) is 0.661. The first-order chi connectivity index (χ1) is 7.58. The lowest BCUT2D eigenvalue weighted by atomic mass is 10.1. The van der Waals surface area contributed by atoms with Crippen molar-refractivity contribution >= 4 is 16.7 Å². The molecular formula is C11H22N2O2S. The average molecular weight is 246 g/mol. The normalized spacial score (nSPS) is 25.7. The first-order valence-corrected chi connectivity index (χ1v) is 7.44. The summed E-state index contributed by atoms with van der Waals surface area (Å²) in [5.74, 6) is 1.57. The van der Waals surface area contributed by atoms with E-state index in [0.29, 0.717) is 12.5 Å². The van der Waals surface area contributed by atoms with E-state index in [2.05, 4.69) is 24.5 Å². The topological polar surface area (TPSA) is 58.2 Å². The molecule has 4 nitrogen and oxygen atoms in total. The number of carbonyl (C=O) groups excluding carboxylic acids is 1. The van der Waals surface area contributed by atoms with Crippen LogP contribution in [0.15, 0.2) is 0 Å². The Morgan fingerprint density at radius 2 is 2.00 bits per heavy atom. The van der Waals surface area contributed by atoms with Gasteiger partial charge in [0.15, 0.2) is 0 Å². The molecule has 0 saturated carbocycles. The van der Waals surface area contributed by atoms with Gasteiger partial charge in [0, 0.05) is 47.4 Å². The maximum absolute atomic E-state index is 11.5. The van der Waals surface area contributed by atoms with Crippen LogP contribution >= 0.6 is 0 Å². The summed E-state index contributed by atoms with van der Waals surface area (Å²) in [4.78, 5) is 11.5. The Morgan fingerprint density at radius 3 is 2.56 bits per heavy atom. The minimum Gasteiger partial charge on any atom is -0.353 e. The number of rotatable bonds is 5. The van der Waals surface area contributed by atoms with Gasteiger partial charge in [0.1, 0.15) is 0 Å². The van der Waals surface area contributed by atoms with Gasteiger partial charge in [0.05, 0.1) is 0 Å². The zero-order valence-corrected chi connectivity index (χ0v) is 10.9. The minimum absolute atomic E-state index is 0.103. The molecule has 94 valence electrons. The van der Waals surface area contributed by atoms with E-state index in [-0.39, 0.29) is 11.9 Å². The van der Waals surface area contributed by atoms with E-state index in [9.17, 15) is 9.00 Å². The molecule has 1 amide bonds. The lowest BCUT2D eigenvalue weighted by Gasteiger charge is -2.22. The highest BCUT2D eigenvalue weighted by Gasteiger charge is 2.18. The molecule has 16 heavy (non-hydrogen) atoms. The van der Waals surface area contributed by atoms with Crippen LogP contribution in [0.4, 0.5) is 0 Å². The van der Waals surface area contributed by atoms with E-state index in [1.165, 1.54) is 0 Å². The van der Waals surface area contributed by atoms with Crippen molar-refractivity contribution in [2.24, 2.45) is 0 Å². The maximum Gasteiger partial charge on any atom is 0.221 e. The van der Waals surface area contributed by atoms with Gasteiger partial charge in [-0.3, -0.25) is 9.00 Å². The van der Waals surface area contributed by atoms with Crippen molar-refractivity contribution in [1.82, 2.24) is 10.6 Å². The van der Waals surface area contributed by atoms with Gasteiger partial charge in [-0.25, -0.2) is 0 Å². The van der Waals surface area contributed by atoms with Gasteiger partial charge in [0.2, 0.25) is 5.91 Å². The molecule has 1 heterocycles. The number of hydrogen-bond acceptors (Lipinski definition) is 3. The van der Waals surface area contributed by atoms with Crippen LogP contribution in [0.3, 0.4) is 0 Å². The van der Waals surface area contributed by atoms with Crippen LogP contribution in [-0.4, -0.2) is 40.3 Å². The third-order valence-electron chi connectivity index (χ3n) is 2.66. The van der Waals surface area contributed by atoms with Gasteiger partial charge in [-0.1, -0.05) is 13.8 Å².